The second-order valence-corrected chi connectivity index (χ2v) is 5.82. The number of carbonyl (C=O) groups is 1. The van der Waals surface area contributed by atoms with Crippen LogP contribution in [-0.2, 0) is 6.61 Å². The van der Waals surface area contributed by atoms with Crippen molar-refractivity contribution in [3.63, 3.8) is 0 Å². The largest absolute Gasteiger partial charge is 0.487 e. The fourth-order valence-corrected chi connectivity index (χ4v) is 2.46. The molecule has 7 heteroatoms. The molecule has 0 unspecified atom stereocenters. The van der Waals surface area contributed by atoms with E-state index in [2.05, 4.69) is 21.4 Å². The Bertz CT molecular complexity index is 663. The zero-order valence-corrected chi connectivity index (χ0v) is 13.8. The van der Waals surface area contributed by atoms with E-state index in [0.717, 1.165) is 5.56 Å². The van der Waals surface area contributed by atoms with E-state index in [1.54, 1.807) is 36.4 Å². The number of nitrogen functional groups attached to an aromatic ring is 1. The number of carbonyl (C=O) groups excluding carboxylic acids is 1. The molecule has 0 heterocycles. The third-order valence-corrected chi connectivity index (χ3v) is 4.21. The lowest BCUT2D eigenvalue weighted by Gasteiger charge is -2.10. The first kappa shape index (κ1) is 16.1. The van der Waals surface area contributed by atoms with Crippen LogP contribution in [0.2, 0.25) is 10.0 Å². The predicted octanol–water partition coefficient (Wildman–Crippen LogP) is 3.94. The monoisotopic (exact) mass is 388 g/mol. The molecule has 0 saturated heterocycles. The first-order valence-electron chi connectivity index (χ1n) is 5.88. The smallest absolute Gasteiger partial charge is 0.265 e. The molecule has 21 heavy (non-hydrogen) atoms. The van der Waals surface area contributed by atoms with Gasteiger partial charge in [0, 0.05) is 16.1 Å². The highest BCUT2D eigenvalue weighted by Crippen LogP contribution is 2.34. The Morgan fingerprint density at radius 1 is 1.19 bits per heavy atom. The van der Waals surface area contributed by atoms with Gasteiger partial charge in [0.25, 0.3) is 5.91 Å². The molecule has 110 valence electrons. The van der Waals surface area contributed by atoms with Crippen LogP contribution in [0.15, 0.2) is 40.9 Å². The van der Waals surface area contributed by atoms with Crippen molar-refractivity contribution < 1.29 is 9.53 Å². The van der Waals surface area contributed by atoms with E-state index in [1.807, 2.05) is 0 Å². The third-order valence-electron chi connectivity index (χ3n) is 2.72. The molecular formula is C14H11BrCl2N2O2. The average molecular weight is 390 g/mol. The maximum absolute atomic E-state index is 11.3. The number of hydrogen-bond donors (Lipinski definition) is 2. The van der Waals surface area contributed by atoms with Gasteiger partial charge in [-0.1, -0.05) is 35.3 Å². The number of nitrogens with two attached hydrogens (primary N) is 1. The van der Waals surface area contributed by atoms with Crippen molar-refractivity contribution in [2.75, 3.05) is 0 Å². The fourth-order valence-electron chi connectivity index (χ4n) is 1.61. The fraction of sp³-hybridized carbons (Fsp3) is 0.0714. The number of benzene rings is 2. The highest BCUT2D eigenvalue weighted by atomic mass is 79.9. The number of halogens is 3. The predicted molar refractivity (Wildman–Crippen MR) is 86.6 cm³/mol. The third kappa shape index (κ3) is 4.11. The van der Waals surface area contributed by atoms with Crippen LogP contribution in [0.3, 0.4) is 0 Å². The van der Waals surface area contributed by atoms with Gasteiger partial charge < -0.3 is 4.74 Å². The highest BCUT2D eigenvalue weighted by Gasteiger charge is 2.08. The number of amides is 1. The SMILES string of the molecule is NNC(=O)c1ccc(COc2cc(Cl)c(Br)cc2Cl)cc1. The number of hydrazine groups is 1. The Balaban J connectivity index is 2.06. The molecular weight excluding hydrogens is 379 g/mol. The van der Waals surface area contributed by atoms with Crippen molar-refractivity contribution in [1.82, 2.24) is 5.43 Å². The number of nitrogens with one attached hydrogen (secondary N) is 1. The van der Waals surface area contributed by atoms with Gasteiger partial charge in [0.1, 0.15) is 12.4 Å². The van der Waals surface area contributed by atoms with E-state index in [4.69, 9.17) is 33.8 Å². The summed E-state index contributed by atoms with van der Waals surface area (Å²) < 4.78 is 6.33. The van der Waals surface area contributed by atoms with Crippen LogP contribution in [0.25, 0.3) is 0 Å². The summed E-state index contributed by atoms with van der Waals surface area (Å²) in [5.74, 6) is 5.22. The zero-order valence-electron chi connectivity index (χ0n) is 10.7. The van der Waals surface area contributed by atoms with E-state index >= 15 is 0 Å². The van der Waals surface area contributed by atoms with Crippen LogP contribution >= 0.6 is 39.1 Å². The van der Waals surface area contributed by atoms with Crippen LogP contribution in [0, 0.1) is 0 Å². The summed E-state index contributed by atoms with van der Waals surface area (Å²) in [6.07, 6.45) is 0. The van der Waals surface area contributed by atoms with Gasteiger partial charge >= 0.3 is 0 Å². The summed E-state index contributed by atoms with van der Waals surface area (Å²) in [5.41, 5.74) is 3.44. The second-order valence-electron chi connectivity index (χ2n) is 4.16. The molecule has 0 atom stereocenters. The normalized spacial score (nSPS) is 10.3. The van der Waals surface area contributed by atoms with Gasteiger partial charge in [0.15, 0.2) is 0 Å². The van der Waals surface area contributed by atoms with E-state index in [1.165, 1.54) is 0 Å². The van der Waals surface area contributed by atoms with Gasteiger partial charge in [-0.3, -0.25) is 10.2 Å². The number of hydrogen-bond acceptors (Lipinski definition) is 3. The maximum Gasteiger partial charge on any atom is 0.265 e. The Morgan fingerprint density at radius 2 is 1.86 bits per heavy atom. The van der Waals surface area contributed by atoms with Gasteiger partial charge in [-0.05, 0) is 39.7 Å². The first-order chi connectivity index (χ1) is 10.0. The van der Waals surface area contributed by atoms with Crippen molar-refractivity contribution >= 4 is 45.0 Å². The summed E-state index contributed by atoms with van der Waals surface area (Å²) in [7, 11) is 0. The molecule has 0 spiro atoms. The van der Waals surface area contributed by atoms with Crippen LogP contribution in [-0.4, -0.2) is 5.91 Å². The van der Waals surface area contributed by atoms with Crippen molar-refractivity contribution in [2.24, 2.45) is 5.84 Å². The van der Waals surface area contributed by atoms with Crippen LogP contribution in [0.1, 0.15) is 15.9 Å². The van der Waals surface area contributed by atoms with Crippen molar-refractivity contribution in [3.8, 4) is 5.75 Å². The standard InChI is InChI=1S/C14H11BrCl2N2O2/c15-10-5-12(17)13(6-11(10)16)21-7-8-1-3-9(4-2-8)14(20)19-18/h1-6H,7,18H2,(H,19,20). The number of rotatable bonds is 4. The second kappa shape index (κ2) is 7.13. The summed E-state index contributed by atoms with van der Waals surface area (Å²) in [6.45, 7) is 0.308. The Kier molecular flexibility index (Phi) is 5.47. The molecule has 3 N–H and O–H groups in total. The molecule has 1 amide bonds. The van der Waals surface area contributed by atoms with E-state index < -0.39 is 0 Å². The lowest BCUT2D eigenvalue weighted by molar-refractivity contribution is 0.0953. The minimum atomic E-state index is -0.342. The van der Waals surface area contributed by atoms with Gasteiger partial charge in [0.2, 0.25) is 0 Å². The van der Waals surface area contributed by atoms with Gasteiger partial charge in [-0.15, -0.1) is 0 Å². The molecule has 2 aromatic rings. The Hall–Kier alpha value is -1.27. The zero-order chi connectivity index (χ0) is 15.4. The molecule has 0 bridgehead atoms. The lowest BCUT2D eigenvalue weighted by atomic mass is 10.1. The quantitative estimate of drug-likeness (QED) is 0.360. The van der Waals surface area contributed by atoms with Crippen molar-refractivity contribution in [3.05, 3.63) is 62.0 Å². The summed E-state index contributed by atoms with van der Waals surface area (Å²) in [5, 5.41) is 0.981. The molecule has 0 radical (unpaired) electrons. The van der Waals surface area contributed by atoms with Gasteiger partial charge in [-0.25, -0.2) is 5.84 Å². The molecule has 0 fully saturated rings. The molecule has 0 aliphatic rings. The Morgan fingerprint density at radius 3 is 2.48 bits per heavy atom. The number of ether oxygens (including phenoxy) is 1. The van der Waals surface area contributed by atoms with E-state index in [9.17, 15) is 4.79 Å². The minimum Gasteiger partial charge on any atom is -0.487 e. The molecule has 0 aromatic heterocycles. The molecule has 0 aliphatic carbocycles. The van der Waals surface area contributed by atoms with Gasteiger partial charge in [0.05, 0.1) is 10.0 Å². The van der Waals surface area contributed by atoms with Gasteiger partial charge in [-0.2, -0.15) is 0 Å². The summed E-state index contributed by atoms with van der Waals surface area (Å²) in [4.78, 5) is 11.3. The molecule has 0 saturated carbocycles. The maximum atomic E-state index is 11.3. The molecule has 2 rings (SSSR count). The molecule has 0 aliphatic heterocycles. The first-order valence-corrected chi connectivity index (χ1v) is 7.43. The highest BCUT2D eigenvalue weighted by molar-refractivity contribution is 9.10. The average Bonchev–Trinajstić information content (AvgIpc) is 2.49. The Labute approximate surface area is 140 Å². The van der Waals surface area contributed by atoms with Crippen LogP contribution in [0.5, 0.6) is 5.75 Å². The van der Waals surface area contributed by atoms with E-state index in [-0.39, 0.29) is 5.91 Å². The van der Waals surface area contributed by atoms with Crippen LogP contribution < -0.4 is 16.0 Å². The summed E-state index contributed by atoms with van der Waals surface area (Å²) in [6, 6.07) is 10.2. The topological polar surface area (TPSA) is 64.3 Å². The minimum absolute atomic E-state index is 0.308. The lowest BCUT2D eigenvalue weighted by Crippen LogP contribution is -2.29. The van der Waals surface area contributed by atoms with Crippen molar-refractivity contribution in [1.29, 1.82) is 0 Å². The molecule has 2 aromatic carbocycles. The van der Waals surface area contributed by atoms with Crippen molar-refractivity contribution in [2.45, 2.75) is 6.61 Å². The molecule has 4 nitrogen and oxygen atoms in total. The van der Waals surface area contributed by atoms with Crippen LogP contribution in [0.4, 0.5) is 0 Å². The summed E-state index contributed by atoms with van der Waals surface area (Å²) >= 11 is 15.4. The van der Waals surface area contributed by atoms with E-state index in [0.29, 0.717) is 32.4 Å².